The summed E-state index contributed by atoms with van der Waals surface area (Å²) in [6, 6.07) is 6.49. The molecule has 1 atom stereocenters. The van der Waals surface area contributed by atoms with E-state index in [1.54, 1.807) is 4.90 Å². The van der Waals surface area contributed by atoms with E-state index in [1.165, 1.54) is 6.20 Å². The number of pyridine rings is 1. The molecule has 0 bridgehead atoms. The average molecular weight is 355 g/mol. The first kappa shape index (κ1) is 19.7. The first-order chi connectivity index (χ1) is 12.5. The molecule has 1 aromatic heterocycles. The molecule has 2 heterocycles. The van der Waals surface area contributed by atoms with Crippen molar-refractivity contribution in [2.75, 3.05) is 43.4 Å². The molecule has 1 aliphatic heterocycles. The number of hydrogen-bond acceptors (Lipinski definition) is 5. The fourth-order valence-electron chi connectivity index (χ4n) is 2.83. The molecule has 0 amide bonds. The second kappa shape index (κ2) is 9.20. The predicted octanol–water partition coefficient (Wildman–Crippen LogP) is 2.37. The van der Waals surface area contributed by atoms with Crippen LogP contribution in [0, 0.1) is 11.3 Å². The highest BCUT2D eigenvalue weighted by molar-refractivity contribution is 5.93. The molecular weight excluding hydrogens is 326 g/mol. The summed E-state index contributed by atoms with van der Waals surface area (Å²) in [4.78, 5) is 15.3. The zero-order chi connectivity index (χ0) is 19.1. The van der Waals surface area contributed by atoms with Gasteiger partial charge < -0.3 is 15.1 Å². The SMILES string of the molecule is C=C/N=C(/Nc1ccc(N2CCN(C(C)C)CC2)cn1)N(C)C(C)C#N. The van der Waals surface area contributed by atoms with Gasteiger partial charge in [-0.3, -0.25) is 4.90 Å². The van der Waals surface area contributed by atoms with Gasteiger partial charge in [0.05, 0.1) is 18.0 Å². The summed E-state index contributed by atoms with van der Waals surface area (Å²) in [6.07, 6.45) is 3.33. The van der Waals surface area contributed by atoms with Crippen molar-refractivity contribution in [1.82, 2.24) is 14.8 Å². The number of nitrogens with zero attached hydrogens (tertiary/aromatic N) is 6. The molecule has 0 radical (unpaired) electrons. The van der Waals surface area contributed by atoms with E-state index in [9.17, 15) is 0 Å². The minimum atomic E-state index is -0.308. The number of piperazine rings is 1. The normalized spacial score (nSPS) is 16.9. The lowest BCUT2D eigenvalue weighted by atomic mass is 10.2. The fourth-order valence-corrected chi connectivity index (χ4v) is 2.83. The van der Waals surface area contributed by atoms with Gasteiger partial charge in [0.2, 0.25) is 5.96 Å². The smallest absolute Gasteiger partial charge is 0.205 e. The summed E-state index contributed by atoms with van der Waals surface area (Å²) in [5, 5.41) is 12.3. The Kier molecular flexibility index (Phi) is 6.98. The molecule has 140 valence electrons. The maximum atomic E-state index is 9.10. The Balaban J connectivity index is 2.02. The van der Waals surface area contributed by atoms with E-state index in [-0.39, 0.29) is 6.04 Å². The van der Waals surface area contributed by atoms with Crippen LogP contribution < -0.4 is 10.2 Å². The largest absolute Gasteiger partial charge is 0.368 e. The number of nitrogens with one attached hydrogen (secondary N) is 1. The molecule has 0 aromatic carbocycles. The van der Waals surface area contributed by atoms with Crippen LogP contribution in [-0.4, -0.2) is 66.1 Å². The molecule has 2 rings (SSSR count). The Morgan fingerprint density at radius 3 is 2.54 bits per heavy atom. The molecule has 26 heavy (non-hydrogen) atoms. The third kappa shape index (κ3) is 4.96. The molecule has 1 unspecified atom stereocenters. The highest BCUT2D eigenvalue weighted by atomic mass is 15.3. The van der Waals surface area contributed by atoms with Crippen molar-refractivity contribution in [1.29, 1.82) is 5.26 Å². The lowest BCUT2D eigenvalue weighted by Gasteiger charge is -2.38. The van der Waals surface area contributed by atoms with Crippen LogP contribution in [0.25, 0.3) is 0 Å². The van der Waals surface area contributed by atoms with E-state index in [2.05, 4.69) is 57.7 Å². The van der Waals surface area contributed by atoms with Crippen molar-refractivity contribution in [2.45, 2.75) is 32.9 Å². The highest BCUT2D eigenvalue weighted by Crippen LogP contribution is 2.18. The van der Waals surface area contributed by atoms with Gasteiger partial charge in [-0.05, 0) is 32.9 Å². The molecule has 0 aliphatic carbocycles. The zero-order valence-corrected chi connectivity index (χ0v) is 16.2. The Morgan fingerprint density at radius 2 is 2.04 bits per heavy atom. The lowest BCUT2D eigenvalue weighted by Crippen LogP contribution is -2.48. The van der Waals surface area contributed by atoms with Gasteiger partial charge in [0.25, 0.3) is 0 Å². The monoisotopic (exact) mass is 355 g/mol. The van der Waals surface area contributed by atoms with Gasteiger partial charge >= 0.3 is 0 Å². The molecule has 0 spiro atoms. The van der Waals surface area contributed by atoms with Crippen LogP contribution >= 0.6 is 0 Å². The molecule has 7 nitrogen and oxygen atoms in total. The second-order valence-electron chi connectivity index (χ2n) is 6.69. The minimum absolute atomic E-state index is 0.308. The van der Waals surface area contributed by atoms with E-state index < -0.39 is 0 Å². The van der Waals surface area contributed by atoms with Gasteiger partial charge in [-0.1, -0.05) is 6.58 Å². The summed E-state index contributed by atoms with van der Waals surface area (Å²) >= 11 is 0. The van der Waals surface area contributed by atoms with Crippen LogP contribution in [0.15, 0.2) is 36.1 Å². The van der Waals surface area contributed by atoms with Gasteiger partial charge in [-0.25, -0.2) is 9.98 Å². The van der Waals surface area contributed by atoms with Crippen molar-refractivity contribution < 1.29 is 0 Å². The van der Waals surface area contributed by atoms with E-state index in [4.69, 9.17) is 5.26 Å². The highest BCUT2D eigenvalue weighted by Gasteiger charge is 2.19. The summed E-state index contributed by atoms with van der Waals surface area (Å²) in [5.41, 5.74) is 1.12. The summed E-state index contributed by atoms with van der Waals surface area (Å²) in [5.74, 6) is 1.23. The van der Waals surface area contributed by atoms with Crippen molar-refractivity contribution in [3.8, 4) is 6.07 Å². The van der Waals surface area contributed by atoms with Crippen LogP contribution in [0.5, 0.6) is 0 Å². The Hall–Kier alpha value is -2.59. The maximum absolute atomic E-state index is 9.10. The zero-order valence-electron chi connectivity index (χ0n) is 16.2. The topological polar surface area (TPSA) is 70.8 Å². The number of hydrogen-bond donors (Lipinski definition) is 1. The van der Waals surface area contributed by atoms with Crippen LogP contribution in [0.1, 0.15) is 20.8 Å². The molecule has 1 N–H and O–H groups in total. The van der Waals surface area contributed by atoms with Crippen molar-refractivity contribution in [3.63, 3.8) is 0 Å². The standard InChI is InChI=1S/C19H29N7/c1-6-21-19(24(5)16(4)13-20)23-18-8-7-17(14-22-18)26-11-9-25(10-12-26)15(2)3/h6-8,14-16H,1,9-12H2,2-5H3,(H,21,22,23). The van der Waals surface area contributed by atoms with Crippen molar-refractivity contribution in [3.05, 3.63) is 31.1 Å². The minimum Gasteiger partial charge on any atom is -0.368 e. The van der Waals surface area contributed by atoms with Crippen molar-refractivity contribution >= 4 is 17.5 Å². The molecule has 1 aliphatic rings. The molecule has 1 saturated heterocycles. The first-order valence-electron chi connectivity index (χ1n) is 8.99. The van der Waals surface area contributed by atoms with Gasteiger partial charge in [0, 0.05) is 45.5 Å². The number of nitriles is 1. The third-order valence-electron chi connectivity index (χ3n) is 4.71. The summed E-state index contributed by atoms with van der Waals surface area (Å²) < 4.78 is 0. The number of guanidine groups is 1. The van der Waals surface area contributed by atoms with E-state index >= 15 is 0 Å². The van der Waals surface area contributed by atoms with Gasteiger partial charge in [0.1, 0.15) is 11.9 Å². The van der Waals surface area contributed by atoms with Crippen LogP contribution in [0.3, 0.4) is 0 Å². The fraction of sp³-hybridized carbons (Fsp3) is 0.526. The number of aliphatic imine (C=N–C) groups is 1. The van der Waals surface area contributed by atoms with Crippen LogP contribution in [0.2, 0.25) is 0 Å². The summed E-state index contributed by atoms with van der Waals surface area (Å²) in [7, 11) is 1.81. The maximum Gasteiger partial charge on any atom is 0.205 e. The average Bonchev–Trinajstić information content (AvgIpc) is 2.67. The second-order valence-corrected chi connectivity index (χ2v) is 6.69. The number of anilines is 2. The number of aromatic nitrogens is 1. The summed E-state index contributed by atoms with van der Waals surface area (Å²) in [6.45, 7) is 14.1. The molecule has 1 aromatic rings. The predicted molar refractivity (Wildman–Crippen MR) is 107 cm³/mol. The number of rotatable bonds is 5. The van der Waals surface area contributed by atoms with Gasteiger partial charge in [-0.15, -0.1) is 0 Å². The Bertz CT molecular complexity index is 651. The molecular formula is C19H29N7. The lowest BCUT2D eigenvalue weighted by molar-refractivity contribution is 0.209. The quantitative estimate of drug-likeness (QED) is 0.646. The molecule has 7 heteroatoms. The molecule has 0 saturated carbocycles. The van der Waals surface area contributed by atoms with Crippen molar-refractivity contribution in [2.24, 2.45) is 4.99 Å². The Labute approximate surface area is 156 Å². The van der Waals surface area contributed by atoms with Crippen LogP contribution in [0.4, 0.5) is 11.5 Å². The Morgan fingerprint density at radius 1 is 1.35 bits per heavy atom. The van der Waals surface area contributed by atoms with Crippen LogP contribution in [-0.2, 0) is 0 Å². The van der Waals surface area contributed by atoms with E-state index in [1.807, 2.05) is 26.2 Å². The van der Waals surface area contributed by atoms with E-state index in [0.29, 0.717) is 17.8 Å². The van der Waals surface area contributed by atoms with Gasteiger partial charge in [-0.2, -0.15) is 5.26 Å². The first-order valence-corrected chi connectivity index (χ1v) is 8.99. The third-order valence-corrected chi connectivity index (χ3v) is 4.71. The van der Waals surface area contributed by atoms with E-state index in [0.717, 1.165) is 31.9 Å². The van der Waals surface area contributed by atoms with Gasteiger partial charge in [0.15, 0.2) is 0 Å². The molecule has 1 fully saturated rings.